The molecule has 10 heteroatoms. The number of benzene rings is 4. The molecule has 0 spiro atoms. The Hall–Kier alpha value is -3.82. The van der Waals surface area contributed by atoms with Crippen LogP contribution in [0.1, 0.15) is 11.1 Å². The zero-order valence-corrected chi connectivity index (χ0v) is 17.0. The summed E-state index contributed by atoms with van der Waals surface area (Å²) in [5.74, 6) is -22.8. The van der Waals surface area contributed by atoms with Crippen molar-refractivity contribution in [1.29, 1.82) is 0 Å². The molecule has 0 atom stereocenters. The Bertz CT molecular complexity index is 1510. The summed E-state index contributed by atoms with van der Waals surface area (Å²) in [6.07, 6.45) is -0.0578. The van der Waals surface area contributed by atoms with E-state index in [1.165, 1.54) is 6.07 Å². The van der Waals surface area contributed by atoms with E-state index in [1.54, 1.807) is 18.2 Å². The molecule has 0 heterocycles. The van der Waals surface area contributed by atoms with Crippen LogP contribution in [0.5, 0.6) is 0 Å². The van der Waals surface area contributed by atoms with Crippen molar-refractivity contribution in [2.45, 2.75) is 6.42 Å². The van der Waals surface area contributed by atoms with Gasteiger partial charge in [-0.3, -0.25) is 0 Å². The van der Waals surface area contributed by atoms with Crippen LogP contribution in [0.3, 0.4) is 0 Å². The van der Waals surface area contributed by atoms with Gasteiger partial charge in [0.15, 0.2) is 46.5 Å². The maximum Gasteiger partial charge on any atom is 0.200 e. The number of fused-ring (bicyclic) bond motifs is 3. The third kappa shape index (κ3) is 3.15. The minimum atomic E-state index is -2.42. The lowest BCUT2D eigenvalue weighted by atomic mass is 9.89. The fourth-order valence-electron chi connectivity index (χ4n) is 4.30. The smallest absolute Gasteiger partial charge is 0.200 e. The van der Waals surface area contributed by atoms with Crippen LogP contribution < -0.4 is 0 Å². The van der Waals surface area contributed by atoms with Crippen LogP contribution in [0.4, 0.5) is 43.9 Å². The quantitative estimate of drug-likeness (QED) is 0.132. The van der Waals surface area contributed by atoms with Crippen molar-refractivity contribution in [2.75, 3.05) is 0 Å². The number of hydrogen-bond acceptors (Lipinski definition) is 0. The van der Waals surface area contributed by atoms with Gasteiger partial charge in [0.2, 0.25) is 11.6 Å². The van der Waals surface area contributed by atoms with E-state index in [9.17, 15) is 43.9 Å². The molecule has 0 amide bonds. The lowest BCUT2D eigenvalue weighted by Crippen LogP contribution is -2.07. The zero-order chi connectivity index (χ0) is 25.3. The van der Waals surface area contributed by atoms with Gasteiger partial charge in [-0.1, -0.05) is 24.3 Å². The van der Waals surface area contributed by atoms with Crippen LogP contribution >= 0.6 is 0 Å². The van der Waals surface area contributed by atoms with Crippen molar-refractivity contribution in [3.8, 4) is 33.4 Å². The molecule has 0 saturated carbocycles. The van der Waals surface area contributed by atoms with E-state index in [1.807, 2.05) is 0 Å². The highest BCUT2D eigenvalue weighted by Gasteiger charge is 2.33. The lowest BCUT2D eigenvalue weighted by Gasteiger charge is -2.16. The first-order valence-corrected chi connectivity index (χ1v) is 9.83. The predicted octanol–water partition coefficient (Wildman–Crippen LogP) is 7.98. The molecule has 0 aliphatic heterocycles. The van der Waals surface area contributed by atoms with Gasteiger partial charge in [-0.05, 0) is 51.9 Å². The summed E-state index contributed by atoms with van der Waals surface area (Å²) in [5, 5.41) is 0. The van der Waals surface area contributed by atoms with E-state index in [0.29, 0.717) is 17.2 Å². The van der Waals surface area contributed by atoms with Gasteiger partial charge in [-0.2, -0.15) is 0 Å². The molecule has 0 N–H and O–H groups in total. The second kappa shape index (κ2) is 7.86. The van der Waals surface area contributed by atoms with Gasteiger partial charge in [0.05, 0.1) is 11.1 Å². The van der Waals surface area contributed by atoms with Gasteiger partial charge in [0.1, 0.15) is 0 Å². The normalized spacial score (nSPS) is 12.2. The van der Waals surface area contributed by atoms with Gasteiger partial charge >= 0.3 is 0 Å². The molecule has 0 radical (unpaired) electrons. The first kappa shape index (κ1) is 22.9. The topological polar surface area (TPSA) is 0 Å². The molecule has 0 aromatic heterocycles. The average molecular weight is 498 g/mol. The molecule has 4 aromatic carbocycles. The predicted molar refractivity (Wildman–Crippen MR) is 105 cm³/mol. The molecule has 1 aliphatic rings. The highest BCUT2D eigenvalue weighted by Crippen LogP contribution is 2.47. The van der Waals surface area contributed by atoms with E-state index in [0.717, 1.165) is 6.07 Å². The zero-order valence-electron chi connectivity index (χ0n) is 17.0. The summed E-state index contributed by atoms with van der Waals surface area (Å²) in [7, 11) is 0. The number of hydrogen-bond donors (Lipinski definition) is 0. The van der Waals surface area contributed by atoms with Crippen molar-refractivity contribution in [3.63, 3.8) is 0 Å². The Balaban J connectivity index is 1.93. The van der Waals surface area contributed by atoms with Crippen molar-refractivity contribution < 1.29 is 43.9 Å². The molecule has 35 heavy (non-hydrogen) atoms. The molecule has 0 nitrogen and oxygen atoms in total. The highest BCUT2D eigenvalue weighted by atomic mass is 19.2. The first-order valence-electron chi connectivity index (χ1n) is 9.83. The minimum absolute atomic E-state index is 0.0435. The molecular formula is C25H8F10. The number of halogens is 10. The minimum Gasteiger partial charge on any atom is -0.203 e. The summed E-state index contributed by atoms with van der Waals surface area (Å²) in [4.78, 5) is 0. The molecule has 5 rings (SSSR count). The maximum atomic E-state index is 14.7. The van der Waals surface area contributed by atoms with Crippen molar-refractivity contribution in [2.24, 2.45) is 0 Å². The second-order valence-corrected chi connectivity index (χ2v) is 7.77. The summed E-state index contributed by atoms with van der Waals surface area (Å²) in [5.41, 5.74) is -3.13. The third-order valence-electron chi connectivity index (χ3n) is 5.90. The Morgan fingerprint density at radius 3 is 1.40 bits per heavy atom. The summed E-state index contributed by atoms with van der Waals surface area (Å²) in [6, 6.07) is 7.95. The van der Waals surface area contributed by atoms with Gasteiger partial charge in [-0.25, -0.2) is 43.9 Å². The van der Waals surface area contributed by atoms with Crippen LogP contribution in [0.25, 0.3) is 33.4 Å². The molecule has 0 unspecified atom stereocenters. The SMILES string of the molecule is Fc1c(F)c(F)c(-c2cc3c(c(-c4c(F)c(F)c(F)c(F)c4F)c2)Cc2ccccc2-3)c(F)c1F. The Morgan fingerprint density at radius 1 is 0.429 bits per heavy atom. The average Bonchev–Trinajstić information content (AvgIpc) is 3.23. The molecule has 1 aliphatic carbocycles. The summed E-state index contributed by atoms with van der Waals surface area (Å²) < 4.78 is 142. The monoisotopic (exact) mass is 498 g/mol. The van der Waals surface area contributed by atoms with E-state index >= 15 is 0 Å². The standard InChI is InChI=1S/C25H8F10/c26-16-14(17(27)21(31)24(34)20(16)30)9-6-11-10-4-2-1-3-8(10)5-12(11)13(7-9)15-18(28)22(32)25(35)23(33)19(15)29/h1-4,6-7H,5H2. The lowest BCUT2D eigenvalue weighted by molar-refractivity contribution is 0.381. The second-order valence-electron chi connectivity index (χ2n) is 7.77. The van der Waals surface area contributed by atoms with E-state index in [4.69, 9.17) is 0 Å². The van der Waals surface area contributed by atoms with Crippen LogP contribution in [0.2, 0.25) is 0 Å². The highest BCUT2D eigenvalue weighted by molar-refractivity contribution is 5.90. The van der Waals surface area contributed by atoms with Crippen molar-refractivity contribution in [1.82, 2.24) is 0 Å². The Morgan fingerprint density at radius 2 is 0.857 bits per heavy atom. The Labute approximate surface area is 190 Å². The molecule has 0 fully saturated rings. The third-order valence-corrected chi connectivity index (χ3v) is 5.90. The molecule has 0 bridgehead atoms. The molecule has 178 valence electrons. The van der Waals surface area contributed by atoms with Crippen LogP contribution in [0.15, 0.2) is 36.4 Å². The molecule has 0 saturated heterocycles. The number of rotatable bonds is 2. The maximum absolute atomic E-state index is 14.7. The Kier molecular flexibility index (Phi) is 5.15. The van der Waals surface area contributed by atoms with Gasteiger partial charge in [0, 0.05) is 0 Å². The van der Waals surface area contributed by atoms with Gasteiger partial charge < -0.3 is 0 Å². The van der Waals surface area contributed by atoms with Crippen LogP contribution in [0, 0.1) is 58.2 Å². The summed E-state index contributed by atoms with van der Waals surface area (Å²) in [6.45, 7) is 0. The first-order chi connectivity index (χ1) is 16.5. The van der Waals surface area contributed by atoms with E-state index in [2.05, 4.69) is 0 Å². The fourth-order valence-corrected chi connectivity index (χ4v) is 4.30. The van der Waals surface area contributed by atoms with Crippen molar-refractivity contribution in [3.05, 3.63) is 106 Å². The summed E-state index contributed by atoms with van der Waals surface area (Å²) >= 11 is 0. The van der Waals surface area contributed by atoms with Crippen molar-refractivity contribution >= 4 is 0 Å². The van der Waals surface area contributed by atoms with Gasteiger partial charge in [-0.15, -0.1) is 0 Å². The van der Waals surface area contributed by atoms with Crippen LogP contribution in [-0.2, 0) is 6.42 Å². The largest absolute Gasteiger partial charge is 0.203 e. The fraction of sp³-hybridized carbons (Fsp3) is 0.0400. The van der Waals surface area contributed by atoms with Crippen LogP contribution in [-0.4, -0.2) is 0 Å². The van der Waals surface area contributed by atoms with E-state index < -0.39 is 80.4 Å². The molecule has 4 aromatic rings. The van der Waals surface area contributed by atoms with Gasteiger partial charge in [0.25, 0.3) is 0 Å². The molecular weight excluding hydrogens is 490 g/mol. The van der Waals surface area contributed by atoms with E-state index in [-0.39, 0.29) is 17.5 Å².